The molecule has 0 unspecified atom stereocenters. The number of sulfone groups is 1. The second kappa shape index (κ2) is 8.73. The van der Waals surface area contributed by atoms with Crippen molar-refractivity contribution in [1.82, 2.24) is 4.98 Å². The highest BCUT2D eigenvalue weighted by molar-refractivity contribution is 8.01. The molecule has 3 rings (SSSR count). The molecule has 11 heteroatoms. The highest BCUT2D eigenvalue weighted by atomic mass is 35.5. The first kappa shape index (κ1) is 21.6. The first-order chi connectivity index (χ1) is 13.7. The van der Waals surface area contributed by atoms with Crippen LogP contribution in [-0.2, 0) is 9.84 Å². The number of pyridine rings is 1. The summed E-state index contributed by atoms with van der Waals surface area (Å²) in [7, 11) is -3.32. The molecule has 0 fully saturated rings. The number of benzene rings is 1. The van der Waals surface area contributed by atoms with Crippen LogP contribution < -0.4 is 5.32 Å². The van der Waals surface area contributed by atoms with Gasteiger partial charge in [-0.05, 0) is 30.3 Å². The molecule has 29 heavy (non-hydrogen) atoms. The molecule has 0 radical (unpaired) electrons. The lowest BCUT2D eigenvalue weighted by atomic mass is 10.3. The van der Waals surface area contributed by atoms with Gasteiger partial charge in [-0.1, -0.05) is 35.0 Å². The van der Waals surface area contributed by atoms with Crippen molar-refractivity contribution in [3.05, 3.63) is 63.2 Å². The molecule has 0 saturated heterocycles. The topological polar surface area (TPSA) is 99.9 Å². The van der Waals surface area contributed by atoms with Crippen LogP contribution in [-0.4, -0.2) is 25.6 Å². The van der Waals surface area contributed by atoms with E-state index in [0.717, 1.165) is 17.6 Å². The monoisotopic (exact) mass is 483 g/mol. The van der Waals surface area contributed by atoms with E-state index in [1.165, 1.54) is 54.5 Å². The number of aromatic nitrogens is 1. The van der Waals surface area contributed by atoms with Crippen LogP contribution in [0.15, 0.2) is 56.7 Å². The van der Waals surface area contributed by atoms with E-state index in [2.05, 4.69) is 16.4 Å². The molecule has 0 bridgehead atoms. The summed E-state index contributed by atoms with van der Waals surface area (Å²) in [4.78, 5) is 17.5. The predicted octanol–water partition coefficient (Wildman–Crippen LogP) is 5.13. The Morgan fingerprint density at radius 3 is 2.38 bits per heavy atom. The standard InChI is InChI=1S/C18H11Cl2N3O3S3/c1-29(25,26)12-4-2-11(3-5-12)23-17(24)15-6-10(7-21)18(27-15)28-16-13(19)8-22-9-14(16)20/h2-6,8-9H,1H3,(H,23,24). The Kier molecular flexibility index (Phi) is 6.51. The zero-order chi connectivity index (χ0) is 21.2. The summed E-state index contributed by atoms with van der Waals surface area (Å²) in [6.45, 7) is 0. The maximum absolute atomic E-state index is 12.6. The first-order valence-electron chi connectivity index (χ1n) is 7.81. The van der Waals surface area contributed by atoms with Crippen molar-refractivity contribution in [2.75, 3.05) is 11.6 Å². The maximum Gasteiger partial charge on any atom is 0.265 e. The second-order valence-corrected chi connectivity index (χ2v) is 10.9. The molecule has 0 spiro atoms. The number of carbonyl (C=O) groups is 1. The zero-order valence-electron chi connectivity index (χ0n) is 14.6. The van der Waals surface area contributed by atoms with Gasteiger partial charge < -0.3 is 5.32 Å². The van der Waals surface area contributed by atoms with Gasteiger partial charge in [-0.15, -0.1) is 11.3 Å². The summed E-state index contributed by atoms with van der Waals surface area (Å²) >= 11 is 14.6. The summed E-state index contributed by atoms with van der Waals surface area (Å²) in [5.41, 5.74) is 0.755. The molecule has 1 amide bonds. The molecule has 6 nitrogen and oxygen atoms in total. The molecular formula is C18H11Cl2N3O3S3. The number of nitriles is 1. The smallest absolute Gasteiger partial charge is 0.265 e. The normalized spacial score (nSPS) is 11.1. The number of halogens is 2. The lowest BCUT2D eigenvalue weighted by molar-refractivity contribution is 0.103. The average molecular weight is 484 g/mol. The molecule has 0 aliphatic heterocycles. The molecule has 1 N–H and O–H groups in total. The number of hydrogen-bond donors (Lipinski definition) is 1. The van der Waals surface area contributed by atoms with E-state index in [0.29, 0.717) is 35.3 Å². The Labute approximate surface area is 185 Å². The molecule has 0 saturated carbocycles. The van der Waals surface area contributed by atoms with Gasteiger partial charge in [0, 0.05) is 24.3 Å². The van der Waals surface area contributed by atoms with Gasteiger partial charge in [-0.3, -0.25) is 9.78 Å². The molecule has 1 aromatic carbocycles. The Morgan fingerprint density at radius 2 is 1.83 bits per heavy atom. The van der Waals surface area contributed by atoms with Crippen LogP contribution in [0.2, 0.25) is 10.0 Å². The van der Waals surface area contributed by atoms with E-state index in [-0.39, 0.29) is 4.90 Å². The lowest BCUT2D eigenvalue weighted by Crippen LogP contribution is -2.10. The third-order valence-corrected chi connectivity index (χ3v) is 7.99. The van der Waals surface area contributed by atoms with E-state index in [1.54, 1.807) is 0 Å². The van der Waals surface area contributed by atoms with Crippen LogP contribution in [0.5, 0.6) is 0 Å². The van der Waals surface area contributed by atoms with E-state index < -0.39 is 15.7 Å². The van der Waals surface area contributed by atoms with Crippen molar-refractivity contribution in [1.29, 1.82) is 5.26 Å². The number of amides is 1. The number of carbonyl (C=O) groups excluding carboxylic acids is 1. The third kappa shape index (κ3) is 5.10. The van der Waals surface area contributed by atoms with Gasteiger partial charge >= 0.3 is 0 Å². The van der Waals surface area contributed by atoms with Crippen molar-refractivity contribution in [3.63, 3.8) is 0 Å². The van der Waals surface area contributed by atoms with E-state index in [4.69, 9.17) is 23.2 Å². The van der Waals surface area contributed by atoms with Crippen molar-refractivity contribution in [2.45, 2.75) is 14.0 Å². The van der Waals surface area contributed by atoms with Gasteiger partial charge in [0.1, 0.15) is 6.07 Å². The summed E-state index contributed by atoms with van der Waals surface area (Å²) in [5.74, 6) is -0.419. The SMILES string of the molecule is CS(=O)(=O)c1ccc(NC(=O)c2cc(C#N)c(Sc3c(Cl)cncc3Cl)s2)cc1. The van der Waals surface area contributed by atoms with Crippen LogP contribution in [0, 0.1) is 11.3 Å². The summed E-state index contributed by atoms with van der Waals surface area (Å²) in [5, 5.41) is 12.8. The molecular weight excluding hydrogens is 473 g/mol. The van der Waals surface area contributed by atoms with Crippen LogP contribution in [0.25, 0.3) is 0 Å². The highest BCUT2D eigenvalue weighted by Gasteiger charge is 2.18. The fourth-order valence-electron chi connectivity index (χ4n) is 2.21. The number of rotatable bonds is 5. The molecule has 0 aliphatic rings. The summed E-state index contributed by atoms with van der Waals surface area (Å²) < 4.78 is 23.6. The fraction of sp³-hybridized carbons (Fsp3) is 0.0556. The molecule has 0 atom stereocenters. The zero-order valence-corrected chi connectivity index (χ0v) is 18.6. The Balaban J connectivity index is 1.83. The van der Waals surface area contributed by atoms with Crippen molar-refractivity contribution in [2.24, 2.45) is 0 Å². The van der Waals surface area contributed by atoms with Crippen molar-refractivity contribution in [3.8, 4) is 6.07 Å². The summed E-state index contributed by atoms with van der Waals surface area (Å²) in [6, 6.07) is 9.36. The number of nitrogens with one attached hydrogen (secondary N) is 1. The van der Waals surface area contributed by atoms with Gasteiger partial charge in [0.05, 0.1) is 34.5 Å². The number of hydrogen-bond acceptors (Lipinski definition) is 7. The predicted molar refractivity (Wildman–Crippen MR) is 115 cm³/mol. The summed E-state index contributed by atoms with van der Waals surface area (Å²) in [6.07, 6.45) is 4.00. The van der Waals surface area contributed by atoms with E-state index in [9.17, 15) is 18.5 Å². The lowest BCUT2D eigenvalue weighted by Gasteiger charge is -2.05. The van der Waals surface area contributed by atoms with Gasteiger partial charge in [0.25, 0.3) is 5.91 Å². The minimum Gasteiger partial charge on any atom is -0.321 e. The van der Waals surface area contributed by atoms with Gasteiger partial charge in [0.2, 0.25) is 0 Å². The molecule has 3 aromatic rings. The van der Waals surface area contributed by atoms with Gasteiger partial charge in [-0.2, -0.15) is 5.26 Å². The minimum absolute atomic E-state index is 0.156. The minimum atomic E-state index is -3.32. The van der Waals surface area contributed by atoms with Crippen LogP contribution in [0.3, 0.4) is 0 Å². The molecule has 148 valence electrons. The van der Waals surface area contributed by atoms with Crippen molar-refractivity contribution < 1.29 is 13.2 Å². The highest BCUT2D eigenvalue weighted by Crippen LogP contribution is 2.42. The van der Waals surface area contributed by atoms with E-state index >= 15 is 0 Å². The molecule has 2 aromatic heterocycles. The number of nitrogens with zero attached hydrogens (tertiary/aromatic N) is 2. The third-order valence-electron chi connectivity index (χ3n) is 3.59. The average Bonchev–Trinajstić information content (AvgIpc) is 3.08. The van der Waals surface area contributed by atoms with Crippen LogP contribution in [0.4, 0.5) is 5.69 Å². The van der Waals surface area contributed by atoms with Gasteiger partial charge in [-0.25, -0.2) is 8.42 Å². The number of anilines is 1. The van der Waals surface area contributed by atoms with E-state index in [1.807, 2.05) is 0 Å². The Bertz CT molecular complexity index is 1210. The van der Waals surface area contributed by atoms with Crippen LogP contribution >= 0.6 is 46.3 Å². The Hall–Kier alpha value is -2.09. The van der Waals surface area contributed by atoms with Gasteiger partial charge in [0.15, 0.2) is 9.84 Å². The molecule has 2 heterocycles. The largest absolute Gasteiger partial charge is 0.321 e. The first-order valence-corrected chi connectivity index (χ1v) is 12.1. The number of thiophene rings is 1. The Morgan fingerprint density at radius 1 is 1.21 bits per heavy atom. The quantitative estimate of drug-likeness (QED) is 0.539. The maximum atomic E-state index is 12.6. The molecule has 0 aliphatic carbocycles. The fourth-order valence-corrected chi connectivity index (χ4v) is 5.56. The van der Waals surface area contributed by atoms with Crippen molar-refractivity contribution >= 4 is 67.7 Å². The second-order valence-electron chi connectivity index (χ2n) is 5.71. The van der Waals surface area contributed by atoms with Crippen LogP contribution in [0.1, 0.15) is 15.2 Å².